The number of guanidine groups is 1. The summed E-state index contributed by atoms with van der Waals surface area (Å²) < 4.78 is 0. The average Bonchev–Trinajstić information content (AvgIpc) is 2.99. The number of hydrogen-bond donors (Lipinski definition) is 2. The van der Waals surface area contributed by atoms with Crippen LogP contribution in [0, 0.1) is 0 Å². The van der Waals surface area contributed by atoms with E-state index in [2.05, 4.69) is 22.5 Å². The van der Waals surface area contributed by atoms with Gasteiger partial charge in [-0.1, -0.05) is 32.6 Å². The lowest BCUT2D eigenvalue weighted by Crippen LogP contribution is -2.38. The molecule has 0 radical (unpaired) electrons. The molecule has 0 saturated heterocycles. The Morgan fingerprint density at radius 1 is 1.38 bits per heavy atom. The second kappa shape index (κ2) is 5.32. The van der Waals surface area contributed by atoms with E-state index in [1.54, 1.807) is 0 Å². The fraction of sp³-hybridized carbons (Fsp3) is 0.833. The van der Waals surface area contributed by atoms with Gasteiger partial charge in [0.15, 0.2) is 5.96 Å². The monoisotopic (exact) mass is 223 g/mol. The number of carbonyl (C=O) groups is 1. The lowest BCUT2D eigenvalue weighted by atomic mass is 10.1. The number of rotatable bonds is 6. The Hall–Kier alpha value is -1.06. The SMILES string of the molecule is CCCCCCC1N=C(NC2CC2)NC1=O. The summed E-state index contributed by atoms with van der Waals surface area (Å²) in [4.78, 5) is 16.0. The van der Waals surface area contributed by atoms with Gasteiger partial charge in [0.1, 0.15) is 6.04 Å². The highest BCUT2D eigenvalue weighted by Gasteiger charge is 2.29. The molecule has 1 fully saturated rings. The fourth-order valence-corrected chi connectivity index (χ4v) is 1.90. The molecule has 1 heterocycles. The highest BCUT2D eigenvalue weighted by atomic mass is 16.2. The molecule has 16 heavy (non-hydrogen) atoms. The minimum Gasteiger partial charge on any atom is -0.353 e. The van der Waals surface area contributed by atoms with Gasteiger partial charge in [0.2, 0.25) is 0 Å². The van der Waals surface area contributed by atoms with Crippen molar-refractivity contribution in [3.8, 4) is 0 Å². The van der Waals surface area contributed by atoms with Crippen LogP contribution in [-0.2, 0) is 4.79 Å². The highest BCUT2D eigenvalue weighted by Crippen LogP contribution is 2.19. The molecule has 1 unspecified atom stereocenters. The van der Waals surface area contributed by atoms with Crippen molar-refractivity contribution in [1.29, 1.82) is 0 Å². The summed E-state index contributed by atoms with van der Waals surface area (Å²) in [5.41, 5.74) is 0. The van der Waals surface area contributed by atoms with Gasteiger partial charge in [0, 0.05) is 6.04 Å². The predicted octanol–water partition coefficient (Wildman–Crippen LogP) is 1.56. The topological polar surface area (TPSA) is 53.5 Å². The van der Waals surface area contributed by atoms with E-state index in [9.17, 15) is 4.79 Å². The third kappa shape index (κ3) is 3.22. The van der Waals surface area contributed by atoms with Gasteiger partial charge in [-0.25, -0.2) is 4.99 Å². The number of unbranched alkanes of at least 4 members (excludes halogenated alkanes) is 3. The molecule has 2 N–H and O–H groups in total. The van der Waals surface area contributed by atoms with E-state index >= 15 is 0 Å². The molecule has 1 saturated carbocycles. The third-order valence-electron chi connectivity index (χ3n) is 3.08. The predicted molar refractivity (Wildman–Crippen MR) is 64.3 cm³/mol. The number of carbonyl (C=O) groups excluding carboxylic acids is 1. The van der Waals surface area contributed by atoms with Crippen molar-refractivity contribution in [1.82, 2.24) is 10.6 Å². The van der Waals surface area contributed by atoms with Crippen molar-refractivity contribution in [2.75, 3.05) is 0 Å². The molecule has 0 bridgehead atoms. The number of nitrogens with one attached hydrogen (secondary N) is 2. The fourth-order valence-electron chi connectivity index (χ4n) is 1.90. The second-order valence-electron chi connectivity index (χ2n) is 4.75. The van der Waals surface area contributed by atoms with Gasteiger partial charge in [-0.3, -0.25) is 10.1 Å². The summed E-state index contributed by atoms with van der Waals surface area (Å²) in [5.74, 6) is 0.771. The summed E-state index contributed by atoms with van der Waals surface area (Å²) >= 11 is 0. The van der Waals surface area contributed by atoms with Crippen LogP contribution in [-0.4, -0.2) is 24.0 Å². The van der Waals surface area contributed by atoms with Crippen LogP contribution in [0.3, 0.4) is 0 Å². The summed E-state index contributed by atoms with van der Waals surface area (Å²) in [6.45, 7) is 2.19. The van der Waals surface area contributed by atoms with Gasteiger partial charge >= 0.3 is 0 Å². The van der Waals surface area contributed by atoms with Crippen molar-refractivity contribution >= 4 is 11.9 Å². The van der Waals surface area contributed by atoms with E-state index in [0.29, 0.717) is 12.0 Å². The maximum Gasteiger partial charge on any atom is 0.251 e. The van der Waals surface area contributed by atoms with E-state index in [1.165, 1.54) is 32.1 Å². The van der Waals surface area contributed by atoms with Crippen molar-refractivity contribution < 1.29 is 4.79 Å². The first-order chi connectivity index (χ1) is 7.79. The Kier molecular flexibility index (Phi) is 3.80. The number of hydrogen-bond acceptors (Lipinski definition) is 3. The van der Waals surface area contributed by atoms with Crippen molar-refractivity contribution in [3.63, 3.8) is 0 Å². The molecule has 0 aromatic rings. The number of aliphatic imine (C=N–C) groups is 1. The zero-order valence-corrected chi connectivity index (χ0v) is 9.96. The largest absolute Gasteiger partial charge is 0.353 e. The van der Waals surface area contributed by atoms with Crippen LogP contribution in [0.15, 0.2) is 4.99 Å². The number of amides is 1. The Morgan fingerprint density at radius 3 is 2.88 bits per heavy atom. The van der Waals surface area contributed by atoms with Crippen LogP contribution in [0.4, 0.5) is 0 Å². The molecule has 2 aliphatic rings. The van der Waals surface area contributed by atoms with Gasteiger partial charge in [0.25, 0.3) is 5.91 Å². The third-order valence-corrected chi connectivity index (χ3v) is 3.08. The van der Waals surface area contributed by atoms with Crippen molar-refractivity contribution in [2.24, 2.45) is 4.99 Å². The molecule has 1 amide bonds. The van der Waals surface area contributed by atoms with Gasteiger partial charge in [-0.2, -0.15) is 0 Å². The van der Waals surface area contributed by atoms with Gasteiger partial charge < -0.3 is 5.32 Å². The second-order valence-corrected chi connectivity index (χ2v) is 4.75. The van der Waals surface area contributed by atoms with E-state index in [0.717, 1.165) is 12.8 Å². The van der Waals surface area contributed by atoms with Gasteiger partial charge in [-0.05, 0) is 19.3 Å². The average molecular weight is 223 g/mol. The van der Waals surface area contributed by atoms with E-state index in [1.807, 2.05) is 0 Å². The van der Waals surface area contributed by atoms with Crippen LogP contribution < -0.4 is 10.6 Å². The van der Waals surface area contributed by atoms with Crippen molar-refractivity contribution in [2.45, 2.75) is 64.0 Å². The maximum atomic E-state index is 11.6. The Morgan fingerprint density at radius 2 is 2.19 bits per heavy atom. The molecule has 4 nitrogen and oxygen atoms in total. The minimum absolute atomic E-state index is 0.0691. The quantitative estimate of drug-likeness (QED) is 0.671. The molecule has 1 atom stereocenters. The van der Waals surface area contributed by atoms with Crippen LogP contribution in [0.1, 0.15) is 51.9 Å². The molecule has 1 aliphatic carbocycles. The Balaban J connectivity index is 1.71. The van der Waals surface area contributed by atoms with Crippen LogP contribution in [0.25, 0.3) is 0 Å². The zero-order valence-electron chi connectivity index (χ0n) is 9.96. The maximum absolute atomic E-state index is 11.6. The molecule has 2 rings (SSSR count). The summed E-state index contributed by atoms with van der Waals surface area (Å²) in [5, 5.41) is 6.05. The van der Waals surface area contributed by atoms with Gasteiger partial charge in [-0.15, -0.1) is 0 Å². The molecule has 0 aromatic heterocycles. The normalized spacial score (nSPS) is 24.2. The Labute approximate surface area is 96.9 Å². The lowest BCUT2D eigenvalue weighted by Gasteiger charge is -2.02. The van der Waals surface area contributed by atoms with E-state index in [-0.39, 0.29) is 11.9 Å². The minimum atomic E-state index is -0.141. The smallest absolute Gasteiger partial charge is 0.251 e. The van der Waals surface area contributed by atoms with Crippen LogP contribution in [0.2, 0.25) is 0 Å². The number of nitrogens with zero attached hydrogens (tertiary/aromatic N) is 1. The first kappa shape index (κ1) is 11.4. The molecule has 90 valence electrons. The molecular weight excluding hydrogens is 202 g/mol. The summed E-state index contributed by atoms with van der Waals surface area (Å²) in [7, 11) is 0. The van der Waals surface area contributed by atoms with Gasteiger partial charge in [0.05, 0.1) is 0 Å². The lowest BCUT2D eigenvalue weighted by molar-refractivity contribution is -0.120. The van der Waals surface area contributed by atoms with Crippen LogP contribution >= 0.6 is 0 Å². The van der Waals surface area contributed by atoms with E-state index < -0.39 is 0 Å². The highest BCUT2D eigenvalue weighted by molar-refractivity contribution is 6.04. The first-order valence-electron chi connectivity index (χ1n) is 6.45. The molecule has 0 aromatic carbocycles. The first-order valence-corrected chi connectivity index (χ1v) is 6.45. The molecule has 0 spiro atoms. The molecule has 4 heteroatoms. The van der Waals surface area contributed by atoms with Crippen LogP contribution in [0.5, 0.6) is 0 Å². The zero-order chi connectivity index (χ0) is 11.4. The molecule has 1 aliphatic heterocycles. The standard InChI is InChI=1S/C12H21N3O/c1-2-3-4-5-6-10-11(16)15-12(14-10)13-9-7-8-9/h9-10H,2-8H2,1H3,(H2,13,14,15,16). The molecular formula is C12H21N3O. The summed E-state index contributed by atoms with van der Waals surface area (Å²) in [6, 6.07) is 0.413. The van der Waals surface area contributed by atoms with Crippen molar-refractivity contribution in [3.05, 3.63) is 0 Å². The Bertz CT molecular complexity index is 284. The summed E-state index contributed by atoms with van der Waals surface area (Å²) in [6.07, 6.45) is 8.10. The van der Waals surface area contributed by atoms with E-state index in [4.69, 9.17) is 0 Å².